The van der Waals surface area contributed by atoms with Crippen molar-refractivity contribution in [2.24, 2.45) is 5.73 Å². The predicted octanol–water partition coefficient (Wildman–Crippen LogP) is 2.75. The van der Waals surface area contributed by atoms with E-state index in [2.05, 4.69) is 0 Å². The zero-order valence-electron chi connectivity index (χ0n) is 12.1. The molecule has 0 aromatic heterocycles. The summed E-state index contributed by atoms with van der Waals surface area (Å²) in [5.74, 6) is -0.342. The molecule has 120 valence electrons. The summed E-state index contributed by atoms with van der Waals surface area (Å²) >= 11 is 0. The molecule has 3 nitrogen and oxygen atoms in total. The minimum Gasteiger partial charge on any atom is -0.496 e. The molecule has 0 radical (unpaired) electrons. The van der Waals surface area contributed by atoms with Crippen molar-refractivity contribution in [2.75, 3.05) is 13.7 Å². The predicted molar refractivity (Wildman–Crippen MR) is 70.7 cm³/mol. The molecule has 0 fully saturated rings. The number of methoxy groups -OCH3 is 1. The van der Waals surface area contributed by atoms with Gasteiger partial charge in [-0.25, -0.2) is 4.39 Å². The van der Waals surface area contributed by atoms with Gasteiger partial charge in [0.2, 0.25) is 0 Å². The summed E-state index contributed by atoms with van der Waals surface area (Å²) in [6, 6.07) is 3.59. The molecule has 1 aromatic rings. The molecule has 21 heavy (non-hydrogen) atoms. The second-order valence-corrected chi connectivity index (χ2v) is 5.64. The van der Waals surface area contributed by atoms with Gasteiger partial charge in [-0.15, -0.1) is 0 Å². The highest BCUT2D eigenvalue weighted by atomic mass is 19.4. The number of rotatable bonds is 5. The lowest BCUT2D eigenvalue weighted by Gasteiger charge is -2.37. The summed E-state index contributed by atoms with van der Waals surface area (Å²) in [5.41, 5.74) is 1.10. The number of nitrogens with two attached hydrogens (primary N) is 1. The van der Waals surface area contributed by atoms with E-state index in [9.17, 15) is 22.7 Å². The lowest BCUT2D eigenvalue weighted by molar-refractivity contribution is -0.262. The summed E-state index contributed by atoms with van der Waals surface area (Å²) in [6.45, 7) is 1.96. The number of benzene rings is 1. The van der Waals surface area contributed by atoms with Crippen LogP contribution in [0.15, 0.2) is 18.2 Å². The smallest absolute Gasteiger partial charge is 0.418 e. The molecule has 0 aliphatic rings. The Bertz CT molecular complexity index is 502. The van der Waals surface area contributed by atoms with Crippen LogP contribution >= 0.6 is 0 Å². The fourth-order valence-corrected chi connectivity index (χ4v) is 2.32. The Morgan fingerprint density at radius 1 is 1.24 bits per heavy atom. The van der Waals surface area contributed by atoms with Gasteiger partial charge < -0.3 is 15.6 Å². The van der Waals surface area contributed by atoms with Crippen LogP contribution in [-0.4, -0.2) is 30.5 Å². The van der Waals surface area contributed by atoms with Crippen molar-refractivity contribution in [3.8, 4) is 5.75 Å². The van der Waals surface area contributed by atoms with E-state index in [0.717, 1.165) is 12.1 Å². The summed E-state index contributed by atoms with van der Waals surface area (Å²) < 4.78 is 57.4. The molecule has 0 spiro atoms. The fourth-order valence-electron chi connectivity index (χ4n) is 2.32. The number of halogens is 4. The largest absolute Gasteiger partial charge is 0.496 e. The maximum absolute atomic E-state index is 13.4. The van der Waals surface area contributed by atoms with Crippen LogP contribution in [0.3, 0.4) is 0 Å². The maximum atomic E-state index is 13.4. The Morgan fingerprint density at radius 2 is 1.81 bits per heavy atom. The van der Waals surface area contributed by atoms with Crippen molar-refractivity contribution in [3.05, 3.63) is 29.6 Å². The van der Waals surface area contributed by atoms with E-state index in [1.807, 2.05) is 0 Å². The van der Waals surface area contributed by atoms with Gasteiger partial charge in [0.15, 0.2) is 5.60 Å². The van der Waals surface area contributed by atoms with E-state index in [0.29, 0.717) is 0 Å². The van der Waals surface area contributed by atoms with Crippen LogP contribution in [0.1, 0.15) is 25.8 Å². The Balaban J connectivity index is 3.25. The van der Waals surface area contributed by atoms with E-state index in [4.69, 9.17) is 10.5 Å². The average molecular weight is 309 g/mol. The Hall–Kier alpha value is -1.34. The third-order valence-corrected chi connectivity index (χ3v) is 3.49. The van der Waals surface area contributed by atoms with Crippen LogP contribution in [-0.2, 0) is 5.41 Å². The van der Waals surface area contributed by atoms with Gasteiger partial charge in [-0.2, -0.15) is 13.2 Å². The molecule has 0 amide bonds. The molecule has 1 rings (SSSR count). The molecule has 0 saturated carbocycles. The Labute approximate surface area is 120 Å². The maximum Gasteiger partial charge on any atom is 0.418 e. The number of hydrogen-bond donors (Lipinski definition) is 2. The molecule has 1 aromatic carbocycles. The molecular formula is C14H19F4NO2. The highest BCUT2D eigenvalue weighted by Gasteiger charge is 2.55. The van der Waals surface area contributed by atoms with Gasteiger partial charge in [0.05, 0.1) is 7.11 Å². The fraction of sp³-hybridized carbons (Fsp3) is 0.571. The first kappa shape index (κ1) is 17.7. The number of hydrogen-bond acceptors (Lipinski definition) is 3. The molecule has 7 heteroatoms. The van der Waals surface area contributed by atoms with Crippen molar-refractivity contribution in [3.63, 3.8) is 0 Å². The summed E-state index contributed by atoms with van der Waals surface area (Å²) in [5, 5.41) is 9.80. The third kappa shape index (κ3) is 3.65. The van der Waals surface area contributed by atoms with Crippen molar-refractivity contribution >= 4 is 0 Å². The average Bonchev–Trinajstić information content (AvgIpc) is 2.36. The molecule has 0 saturated heterocycles. The van der Waals surface area contributed by atoms with Gasteiger partial charge in [0.25, 0.3) is 0 Å². The van der Waals surface area contributed by atoms with Crippen LogP contribution in [0.25, 0.3) is 0 Å². The second kappa shape index (κ2) is 5.81. The highest BCUT2D eigenvalue weighted by molar-refractivity contribution is 5.39. The van der Waals surface area contributed by atoms with Crippen molar-refractivity contribution in [1.82, 2.24) is 0 Å². The standard InChI is InChI=1S/C14H19F4NO2/c1-12(2,7-13(20,8-19)14(16,17)18)10-6-9(15)4-5-11(10)21-3/h4-6,20H,7-8,19H2,1-3H3/t13-/m0/s1. The summed E-state index contributed by atoms with van der Waals surface area (Å²) in [6.07, 6.45) is -5.58. The van der Waals surface area contributed by atoms with Gasteiger partial charge in [-0.05, 0) is 30.0 Å². The molecular weight excluding hydrogens is 290 g/mol. The van der Waals surface area contributed by atoms with Gasteiger partial charge >= 0.3 is 6.18 Å². The van der Waals surface area contributed by atoms with Gasteiger partial charge in [0.1, 0.15) is 11.6 Å². The molecule has 1 atom stereocenters. The Kier molecular flexibility index (Phi) is 4.90. The zero-order chi connectivity index (χ0) is 16.5. The molecule has 3 N–H and O–H groups in total. The highest BCUT2D eigenvalue weighted by Crippen LogP contribution is 2.43. The van der Waals surface area contributed by atoms with E-state index in [1.54, 1.807) is 0 Å². The SMILES string of the molecule is COc1ccc(F)cc1C(C)(C)C[C@](O)(CN)C(F)(F)F. The van der Waals surface area contributed by atoms with Gasteiger partial charge in [-0.1, -0.05) is 13.8 Å². The molecule has 0 bridgehead atoms. The molecule has 0 aliphatic carbocycles. The second-order valence-electron chi connectivity index (χ2n) is 5.64. The van der Waals surface area contributed by atoms with Crippen LogP contribution in [0.2, 0.25) is 0 Å². The number of alkyl halides is 3. The van der Waals surface area contributed by atoms with Crippen molar-refractivity contribution in [2.45, 2.75) is 37.5 Å². The van der Waals surface area contributed by atoms with E-state index < -0.39 is 36.0 Å². The number of aliphatic hydroxyl groups is 1. The quantitative estimate of drug-likeness (QED) is 0.822. The minimum atomic E-state index is -4.88. The monoisotopic (exact) mass is 309 g/mol. The van der Waals surface area contributed by atoms with Gasteiger partial charge in [-0.3, -0.25) is 0 Å². The Morgan fingerprint density at radius 3 is 2.24 bits per heavy atom. The summed E-state index contributed by atoms with van der Waals surface area (Å²) in [7, 11) is 1.34. The van der Waals surface area contributed by atoms with Crippen LogP contribution in [0.5, 0.6) is 5.75 Å². The van der Waals surface area contributed by atoms with Crippen LogP contribution in [0.4, 0.5) is 17.6 Å². The van der Waals surface area contributed by atoms with Crippen molar-refractivity contribution in [1.29, 1.82) is 0 Å². The van der Waals surface area contributed by atoms with Crippen LogP contribution in [0, 0.1) is 5.82 Å². The van der Waals surface area contributed by atoms with Crippen LogP contribution < -0.4 is 10.5 Å². The first-order valence-corrected chi connectivity index (χ1v) is 6.30. The van der Waals surface area contributed by atoms with E-state index >= 15 is 0 Å². The summed E-state index contributed by atoms with van der Waals surface area (Å²) in [4.78, 5) is 0. The lowest BCUT2D eigenvalue weighted by atomic mass is 9.74. The molecule has 0 heterocycles. The first-order chi connectivity index (χ1) is 9.47. The lowest BCUT2D eigenvalue weighted by Crippen LogP contribution is -2.54. The number of ether oxygens (including phenoxy) is 1. The molecule has 0 unspecified atom stereocenters. The van der Waals surface area contributed by atoms with E-state index in [-0.39, 0.29) is 11.3 Å². The first-order valence-electron chi connectivity index (χ1n) is 6.30. The topological polar surface area (TPSA) is 55.5 Å². The third-order valence-electron chi connectivity index (χ3n) is 3.49. The zero-order valence-corrected chi connectivity index (χ0v) is 12.1. The van der Waals surface area contributed by atoms with E-state index in [1.165, 1.54) is 27.0 Å². The molecule has 0 aliphatic heterocycles. The van der Waals surface area contributed by atoms with Gasteiger partial charge in [0, 0.05) is 12.1 Å². The normalized spacial score (nSPS) is 15.7. The van der Waals surface area contributed by atoms with Crippen molar-refractivity contribution < 1.29 is 27.4 Å². The minimum absolute atomic E-state index is 0.237.